The van der Waals surface area contributed by atoms with Crippen molar-refractivity contribution in [3.63, 3.8) is 0 Å². The van der Waals surface area contributed by atoms with Crippen molar-refractivity contribution in [3.8, 4) is 5.75 Å². The van der Waals surface area contributed by atoms with Crippen LogP contribution in [0.25, 0.3) is 0 Å². The van der Waals surface area contributed by atoms with Gasteiger partial charge in [-0.25, -0.2) is 0 Å². The number of carbonyl (C=O) groups excluding carboxylic acids is 1. The second-order valence-electron chi connectivity index (χ2n) is 5.67. The highest BCUT2D eigenvalue weighted by atomic mass is 35.6. The average Bonchev–Trinajstić information content (AvgIpc) is 2.67. The molecule has 0 aliphatic carbocycles. The van der Waals surface area contributed by atoms with Crippen LogP contribution in [0.5, 0.6) is 5.75 Å². The molecule has 0 radical (unpaired) electrons. The first-order valence-corrected chi connectivity index (χ1v) is 9.97. The molecule has 0 bridgehead atoms. The SMILES string of the molecule is COc1ccc(NC(=S)N[C@@H](NC(=O)c2ccccc2Cl)C(Cl)(Cl)Cl)c([N+](=O)[O-])c1. The third kappa shape index (κ3) is 6.48. The number of carbonyl (C=O) groups is 1. The fraction of sp³-hybridized carbons (Fsp3) is 0.176. The minimum Gasteiger partial charge on any atom is -0.496 e. The summed E-state index contributed by atoms with van der Waals surface area (Å²) in [5, 5.41) is 19.1. The topological polar surface area (TPSA) is 106 Å². The zero-order chi connectivity index (χ0) is 22.5. The van der Waals surface area contributed by atoms with Gasteiger partial charge >= 0.3 is 0 Å². The predicted molar refractivity (Wildman–Crippen MR) is 122 cm³/mol. The summed E-state index contributed by atoms with van der Waals surface area (Å²) < 4.78 is 2.96. The van der Waals surface area contributed by atoms with E-state index in [1.807, 2.05) is 0 Å². The number of hydrogen-bond acceptors (Lipinski definition) is 5. The summed E-state index contributed by atoms with van der Waals surface area (Å²) in [5.41, 5.74) is -0.0623. The van der Waals surface area contributed by atoms with E-state index in [0.717, 1.165) is 0 Å². The lowest BCUT2D eigenvalue weighted by Gasteiger charge is -2.28. The summed E-state index contributed by atoms with van der Waals surface area (Å²) in [6, 6.07) is 10.4. The number of methoxy groups -OCH3 is 1. The van der Waals surface area contributed by atoms with E-state index in [1.54, 1.807) is 12.1 Å². The number of nitro benzene ring substituents is 1. The van der Waals surface area contributed by atoms with Gasteiger partial charge in [0.25, 0.3) is 11.6 Å². The third-order valence-corrected chi connectivity index (χ3v) is 4.85. The molecule has 3 N–H and O–H groups in total. The maximum absolute atomic E-state index is 12.5. The average molecular weight is 512 g/mol. The molecule has 8 nitrogen and oxygen atoms in total. The summed E-state index contributed by atoms with van der Waals surface area (Å²) in [5.74, 6) is -0.333. The second-order valence-corrected chi connectivity index (χ2v) is 8.85. The Morgan fingerprint density at radius 2 is 1.87 bits per heavy atom. The Bertz CT molecular complexity index is 971. The van der Waals surface area contributed by atoms with Gasteiger partial charge < -0.3 is 20.7 Å². The zero-order valence-electron chi connectivity index (χ0n) is 15.1. The largest absolute Gasteiger partial charge is 0.496 e. The van der Waals surface area contributed by atoms with Crippen molar-refractivity contribution in [2.45, 2.75) is 9.96 Å². The number of amides is 1. The number of nitrogens with one attached hydrogen (secondary N) is 3. The van der Waals surface area contributed by atoms with Gasteiger partial charge in [0.15, 0.2) is 5.11 Å². The fourth-order valence-corrected chi connectivity index (χ4v) is 3.02. The summed E-state index contributed by atoms with van der Waals surface area (Å²) >= 11 is 29.0. The van der Waals surface area contributed by atoms with Gasteiger partial charge in [-0.15, -0.1) is 0 Å². The van der Waals surface area contributed by atoms with Crippen molar-refractivity contribution in [2.75, 3.05) is 12.4 Å². The van der Waals surface area contributed by atoms with Crippen LogP contribution in [0, 0.1) is 10.1 Å². The lowest BCUT2D eigenvalue weighted by atomic mass is 10.2. The van der Waals surface area contributed by atoms with E-state index in [-0.39, 0.29) is 32.8 Å². The van der Waals surface area contributed by atoms with Crippen molar-refractivity contribution in [1.29, 1.82) is 0 Å². The first kappa shape index (κ1) is 24.2. The molecule has 0 saturated carbocycles. The van der Waals surface area contributed by atoms with Crippen LogP contribution in [0.2, 0.25) is 5.02 Å². The molecule has 2 rings (SSSR count). The lowest BCUT2D eigenvalue weighted by molar-refractivity contribution is -0.384. The van der Waals surface area contributed by atoms with Crippen LogP contribution in [0.4, 0.5) is 11.4 Å². The molecule has 30 heavy (non-hydrogen) atoms. The molecule has 160 valence electrons. The van der Waals surface area contributed by atoms with Crippen LogP contribution in [0.15, 0.2) is 42.5 Å². The summed E-state index contributed by atoms with van der Waals surface area (Å²) in [6.07, 6.45) is -1.29. The molecule has 1 amide bonds. The highest BCUT2D eigenvalue weighted by Gasteiger charge is 2.35. The van der Waals surface area contributed by atoms with Crippen LogP contribution in [-0.4, -0.2) is 33.0 Å². The molecule has 0 spiro atoms. The lowest BCUT2D eigenvalue weighted by Crippen LogP contribution is -2.56. The number of rotatable bonds is 6. The summed E-state index contributed by atoms with van der Waals surface area (Å²) in [6.45, 7) is 0. The van der Waals surface area contributed by atoms with E-state index in [9.17, 15) is 14.9 Å². The third-order valence-electron chi connectivity index (χ3n) is 3.65. The van der Waals surface area contributed by atoms with Gasteiger partial charge in [-0.3, -0.25) is 14.9 Å². The van der Waals surface area contributed by atoms with Crippen LogP contribution in [-0.2, 0) is 0 Å². The number of benzene rings is 2. The molecule has 0 unspecified atom stereocenters. The fourth-order valence-electron chi connectivity index (χ4n) is 2.24. The van der Waals surface area contributed by atoms with Gasteiger partial charge in [0, 0.05) is 0 Å². The highest BCUT2D eigenvalue weighted by Crippen LogP contribution is 2.31. The quantitative estimate of drug-likeness (QED) is 0.170. The monoisotopic (exact) mass is 510 g/mol. The molecule has 0 aliphatic rings. The molecule has 0 saturated heterocycles. The van der Waals surface area contributed by atoms with Gasteiger partial charge in [-0.1, -0.05) is 58.5 Å². The van der Waals surface area contributed by atoms with E-state index in [4.69, 9.17) is 63.4 Å². The van der Waals surface area contributed by atoms with Gasteiger partial charge in [0.2, 0.25) is 3.79 Å². The Hall–Kier alpha value is -2.04. The predicted octanol–water partition coefficient (Wildman–Crippen LogP) is 4.67. The number of nitrogens with zero attached hydrogens (tertiary/aromatic N) is 1. The number of anilines is 1. The van der Waals surface area contributed by atoms with Crippen molar-refractivity contribution < 1.29 is 14.5 Å². The Kier molecular flexibility index (Phi) is 8.34. The molecular weight excluding hydrogens is 498 g/mol. The Morgan fingerprint density at radius 1 is 1.20 bits per heavy atom. The van der Waals surface area contributed by atoms with E-state index < -0.39 is 20.8 Å². The van der Waals surface area contributed by atoms with E-state index in [0.29, 0.717) is 0 Å². The summed E-state index contributed by atoms with van der Waals surface area (Å²) in [7, 11) is 1.38. The zero-order valence-corrected chi connectivity index (χ0v) is 19.0. The Balaban J connectivity index is 2.18. The molecule has 2 aromatic rings. The number of thiocarbonyl (C=S) groups is 1. The standard InChI is InChI=1S/C17H14Cl4N4O4S/c1-29-9-6-7-12(13(8-9)25(27)28)22-16(30)24-15(17(19,20)21)23-14(26)10-4-2-3-5-11(10)18/h2-8,15H,1H3,(H,23,26)(H2,22,24,30)/t15-/m1/s1. The molecular formula is C17H14Cl4N4O4S. The molecule has 2 aromatic carbocycles. The molecule has 13 heteroatoms. The van der Waals surface area contributed by atoms with Gasteiger partial charge in [-0.05, 0) is 36.5 Å². The van der Waals surface area contributed by atoms with Crippen molar-refractivity contribution in [1.82, 2.24) is 10.6 Å². The van der Waals surface area contributed by atoms with Crippen LogP contribution in [0.3, 0.4) is 0 Å². The number of nitro groups is 1. The number of ether oxygens (including phenoxy) is 1. The van der Waals surface area contributed by atoms with Gasteiger partial charge in [0.1, 0.15) is 17.6 Å². The van der Waals surface area contributed by atoms with E-state index in [2.05, 4.69) is 16.0 Å². The summed E-state index contributed by atoms with van der Waals surface area (Å²) in [4.78, 5) is 23.2. The van der Waals surface area contributed by atoms with Crippen molar-refractivity contribution in [3.05, 3.63) is 63.2 Å². The second kappa shape index (κ2) is 10.3. The molecule has 0 aliphatic heterocycles. The number of hydrogen-bond donors (Lipinski definition) is 3. The maximum Gasteiger partial charge on any atom is 0.296 e. The van der Waals surface area contributed by atoms with E-state index >= 15 is 0 Å². The van der Waals surface area contributed by atoms with Crippen LogP contribution in [0.1, 0.15) is 10.4 Å². The minimum absolute atomic E-state index is 0.0683. The Morgan fingerprint density at radius 3 is 2.43 bits per heavy atom. The maximum atomic E-state index is 12.5. The van der Waals surface area contributed by atoms with E-state index in [1.165, 1.54) is 37.4 Å². The van der Waals surface area contributed by atoms with Crippen LogP contribution >= 0.6 is 58.6 Å². The van der Waals surface area contributed by atoms with Crippen LogP contribution < -0.4 is 20.7 Å². The Labute approximate surface area is 196 Å². The van der Waals surface area contributed by atoms with Gasteiger partial charge in [0.05, 0.1) is 28.7 Å². The number of alkyl halides is 3. The van der Waals surface area contributed by atoms with Crippen molar-refractivity contribution >= 4 is 81.0 Å². The normalized spacial score (nSPS) is 11.9. The van der Waals surface area contributed by atoms with Crippen molar-refractivity contribution in [2.24, 2.45) is 0 Å². The van der Waals surface area contributed by atoms with Gasteiger partial charge in [-0.2, -0.15) is 0 Å². The number of halogens is 4. The molecule has 0 heterocycles. The first-order valence-electron chi connectivity index (χ1n) is 8.05. The molecule has 0 fully saturated rings. The molecule has 0 aromatic heterocycles. The smallest absolute Gasteiger partial charge is 0.296 e. The molecule has 1 atom stereocenters. The highest BCUT2D eigenvalue weighted by molar-refractivity contribution is 7.80. The minimum atomic E-state index is -2.02. The first-order chi connectivity index (χ1) is 14.0.